The first-order chi connectivity index (χ1) is 17.4. The number of benzene rings is 4. The van der Waals surface area contributed by atoms with Crippen LogP contribution in [0, 0.1) is 6.92 Å². The summed E-state index contributed by atoms with van der Waals surface area (Å²) in [5.74, 6) is -1.56. The average Bonchev–Trinajstić information content (AvgIpc) is 2.88. The zero-order valence-electron chi connectivity index (χ0n) is 19.5. The van der Waals surface area contributed by atoms with Gasteiger partial charge in [0.05, 0.1) is 5.56 Å². The van der Waals surface area contributed by atoms with Crippen molar-refractivity contribution in [2.45, 2.75) is 17.1 Å². The number of nitrogens with one attached hydrogen (secondary N) is 2. The highest BCUT2D eigenvalue weighted by Crippen LogP contribution is 2.37. The van der Waals surface area contributed by atoms with E-state index >= 15 is 0 Å². The molecule has 0 aliphatic carbocycles. The molecule has 0 aromatic heterocycles. The van der Waals surface area contributed by atoms with Crippen molar-refractivity contribution in [2.24, 2.45) is 0 Å². The first kappa shape index (κ1) is 24.8. The quantitative estimate of drug-likeness (QED) is 0.245. The van der Waals surface area contributed by atoms with Crippen molar-refractivity contribution in [3.8, 4) is 0 Å². The van der Waals surface area contributed by atoms with Crippen molar-refractivity contribution in [1.82, 2.24) is 0 Å². The van der Waals surface area contributed by atoms with Crippen LogP contribution in [0.2, 0.25) is 0 Å². The fraction of sp³-hybridized carbons (Fsp3) is 0.0690. The van der Waals surface area contributed by atoms with E-state index in [2.05, 4.69) is 10.6 Å². The van der Waals surface area contributed by atoms with Crippen LogP contribution in [0.5, 0.6) is 0 Å². The number of amides is 2. The summed E-state index contributed by atoms with van der Waals surface area (Å²) in [4.78, 5) is 38.2. The minimum Gasteiger partial charge on any atom is -0.478 e. The van der Waals surface area contributed by atoms with Gasteiger partial charge in [0.1, 0.15) is 5.25 Å². The summed E-state index contributed by atoms with van der Waals surface area (Å²) < 4.78 is 0. The van der Waals surface area contributed by atoms with E-state index in [4.69, 9.17) is 0 Å². The number of rotatable bonds is 8. The number of carbonyl (C=O) groups excluding carboxylic acids is 2. The number of thioether (sulfide) groups is 1. The SMILES string of the molecule is Cc1ccccc1C(=O)Nc1cccc(SC(C(=O)Nc2cccc(C(=O)O)c2)c2ccccc2)c1. The Morgan fingerprint density at radius 2 is 1.42 bits per heavy atom. The van der Waals surface area contributed by atoms with Gasteiger partial charge in [-0.05, 0) is 60.5 Å². The number of hydrogen-bond acceptors (Lipinski definition) is 4. The summed E-state index contributed by atoms with van der Waals surface area (Å²) in [5, 5.41) is 14.4. The van der Waals surface area contributed by atoms with Crippen molar-refractivity contribution in [3.63, 3.8) is 0 Å². The molecule has 1 atom stereocenters. The lowest BCUT2D eigenvalue weighted by Crippen LogP contribution is -2.19. The third kappa shape index (κ3) is 6.20. The number of aromatic carboxylic acids is 1. The molecule has 0 fully saturated rings. The van der Waals surface area contributed by atoms with Gasteiger partial charge in [0.2, 0.25) is 5.91 Å². The molecule has 180 valence electrons. The largest absolute Gasteiger partial charge is 0.478 e. The molecule has 0 aliphatic heterocycles. The minimum atomic E-state index is -1.07. The molecule has 0 radical (unpaired) electrons. The lowest BCUT2D eigenvalue weighted by atomic mass is 10.1. The molecule has 36 heavy (non-hydrogen) atoms. The lowest BCUT2D eigenvalue weighted by molar-refractivity contribution is -0.115. The van der Waals surface area contributed by atoms with Crippen LogP contribution in [0.3, 0.4) is 0 Å². The fourth-order valence-electron chi connectivity index (χ4n) is 3.65. The molecule has 4 rings (SSSR count). The van der Waals surface area contributed by atoms with E-state index in [9.17, 15) is 19.5 Å². The van der Waals surface area contributed by atoms with Crippen molar-refractivity contribution < 1.29 is 19.5 Å². The van der Waals surface area contributed by atoms with Crippen molar-refractivity contribution in [1.29, 1.82) is 0 Å². The number of aryl methyl sites for hydroxylation is 1. The first-order valence-corrected chi connectivity index (χ1v) is 12.1. The highest BCUT2D eigenvalue weighted by Gasteiger charge is 2.23. The molecular weight excluding hydrogens is 472 g/mol. The molecule has 0 aliphatic rings. The molecule has 3 N–H and O–H groups in total. The van der Waals surface area contributed by atoms with Crippen LogP contribution in [0.4, 0.5) is 11.4 Å². The molecule has 0 spiro atoms. The van der Waals surface area contributed by atoms with Crippen molar-refractivity contribution >= 4 is 40.9 Å². The van der Waals surface area contributed by atoms with Gasteiger partial charge in [-0.1, -0.05) is 60.7 Å². The Balaban J connectivity index is 1.56. The zero-order valence-corrected chi connectivity index (χ0v) is 20.3. The Kier molecular flexibility index (Phi) is 7.82. The van der Waals surface area contributed by atoms with E-state index in [-0.39, 0.29) is 17.4 Å². The highest BCUT2D eigenvalue weighted by atomic mass is 32.2. The summed E-state index contributed by atoms with van der Waals surface area (Å²) in [6.07, 6.45) is 0. The molecule has 0 heterocycles. The van der Waals surface area contributed by atoms with E-state index in [0.717, 1.165) is 16.0 Å². The normalized spacial score (nSPS) is 11.4. The number of carboxylic acids is 1. The van der Waals surface area contributed by atoms with E-state index in [0.29, 0.717) is 16.9 Å². The van der Waals surface area contributed by atoms with Crippen LogP contribution in [0.25, 0.3) is 0 Å². The Labute approximate surface area is 213 Å². The van der Waals surface area contributed by atoms with E-state index in [1.54, 1.807) is 24.3 Å². The van der Waals surface area contributed by atoms with Gasteiger partial charge in [-0.3, -0.25) is 9.59 Å². The molecule has 0 saturated heterocycles. The highest BCUT2D eigenvalue weighted by molar-refractivity contribution is 8.00. The zero-order chi connectivity index (χ0) is 25.5. The predicted molar refractivity (Wildman–Crippen MR) is 143 cm³/mol. The monoisotopic (exact) mass is 496 g/mol. The molecule has 0 saturated carbocycles. The predicted octanol–water partition coefficient (Wildman–Crippen LogP) is 6.42. The molecule has 7 heteroatoms. The minimum absolute atomic E-state index is 0.0915. The topological polar surface area (TPSA) is 95.5 Å². The van der Waals surface area contributed by atoms with Gasteiger partial charge in [-0.2, -0.15) is 0 Å². The Morgan fingerprint density at radius 3 is 2.14 bits per heavy atom. The maximum absolute atomic E-state index is 13.3. The third-order valence-electron chi connectivity index (χ3n) is 5.45. The van der Waals surface area contributed by atoms with E-state index in [1.807, 2.05) is 73.7 Å². The summed E-state index contributed by atoms with van der Waals surface area (Å²) in [7, 11) is 0. The van der Waals surface area contributed by atoms with Crippen molar-refractivity contribution in [3.05, 3.63) is 125 Å². The third-order valence-corrected chi connectivity index (χ3v) is 6.70. The number of hydrogen-bond donors (Lipinski definition) is 3. The maximum Gasteiger partial charge on any atom is 0.335 e. The van der Waals surface area contributed by atoms with Crippen LogP contribution in [0.15, 0.2) is 108 Å². The van der Waals surface area contributed by atoms with Crippen LogP contribution in [-0.4, -0.2) is 22.9 Å². The smallest absolute Gasteiger partial charge is 0.335 e. The molecule has 4 aromatic rings. The second kappa shape index (κ2) is 11.4. The molecular formula is C29H24N2O4S. The summed E-state index contributed by atoms with van der Waals surface area (Å²) in [6.45, 7) is 1.89. The summed E-state index contributed by atoms with van der Waals surface area (Å²) in [5.41, 5.74) is 3.39. The molecule has 6 nitrogen and oxygen atoms in total. The number of carboxylic acid groups (broad SMARTS) is 1. The molecule has 0 bridgehead atoms. The summed E-state index contributed by atoms with van der Waals surface area (Å²) >= 11 is 1.34. The Bertz CT molecular complexity index is 1410. The van der Waals surface area contributed by atoms with Gasteiger partial charge in [0, 0.05) is 21.8 Å². The molecule has 1 unspecified atom stereocenters. The van der Waals surface area contributed by atoms with Gasteiger partial charge >= 0.3 is 5.97 Å². The van der Waals surface area contributed by atoms with Gasteiger partial charge in [0.15, 0.2) is 0 Å². The Hall–Kier alpha value is -4.36. The molecule has 2 amide bonds. The van der Waals surface area contributed by atoms with Crippen LogP contribution < -0.4 is 10.6 Å². The van der Waals surface area contributed by atoms with Gasteiger partial charge in [0.25, 0.3) is 5.91 Å². The van der Waals surface area contributed by atoms with Crippen LogP contribution >= 0.6 is 11.8 Å². The lowest BCUT2D eigenvalue weighted by Gasteiger charge is -2.18. The number of anilines is 2. The standard InChI is InChI=1S/C29H24N2O4S/c1-19-9-5-6-16-25(19)27(32)30-23-14-8-15-24(18-23)36-26(20-10-3-2-4-11-20)28(33)31-22-13-7-12-21(17-22)29(34)35/h2-18,26H,1H3,(H,30,32)(H,31,33)(H,34,35). The summed E-state index contributed by atoms with van der Waals surface area (Å²) in [6, 6.07) is 30.2. The van der Waals surface area contributed by atoms with E-state index < -0.39 is 11.2 Å². The second-order valence-corrected chi connectivity index (χ2v) is 9.26. The second-order valence-electron chi connectivity index (χ2n) is 8.08. The van der Waals surface area contributed by atoms with Gasteiger partial charge < -0.3 is 15.7 Å². The number of carbonyl (C=O) groups is 3. The maximum atomic E-state index is 13.3. The van der Waals surface area contributed by atoms with Gasteiger partial charge in [-0.25, -0.2) is 4.79 Å². The van der Waals surface area contributed by atoms with Crippen LogP contribution in [0.1, 0.15) is 37.1 Å². The first-order valence-electron chi connectivity index (χ1n) is 11.2. The van der Waals surface area contributed by atoms with Crippen molar-refractivity contribution in [2.75, 3.05) is 10.6 Å². The Morgan fingerprint density at radius 1 is 0.750 bits per heavy atom. The average molecular weight is 497 g/mol. The fourth-order valence-corrected chi connectivity index (χ4v) is 4.73. The molecule has 4 aromatic carbocycles. The van der Waals surface area contributed by atoms with Gasteiger partial charge in [-0.15, -0.1) is 11.8 Å². The van der Waals surface area contributed by atoms with Crippen LogP contribution in [-0.2, 0) is 4.79 Å². The van der Waals surface area contributed by atoms with E-state index in [1.165, 1.54) is 23.9 Å².